The smallest absolute Gasteiger partial charge is 0.134 e. The normalized spacial score (nSPS) is 14.7. The number of aliphatic hydroxyl groups is 2. The van der Waals surface area contributed by atoms with Gasteiger partial charge < -0.3 is 14.9 Å². The minimum absolute atomic E-state index is 0.132. The summed E-state index contributed by atoms with van der Waals surface area (Å²) in [4.78, 5) is 0. The first-order valence-electron chi connectivity index (χ1n) is 8.74. The first-order valence-corrected chi connectivity index (χ1v) is 8.74. The molecule has 0 unspecified atom stereocenters. The largest absolute Gasteiger partial charge is 0.456 e. The first-order chi connectivity index (χ1) is 11.6. The molecule has 0 amide bonds. The minimum atomic E-state index is -0.132. The molecule has 0 bridgehead atoms. The quantitative estimate of drug-likeness (QED) is 0.844. The van der Waals surface area contributed by atoms with Crippen molar-refractivity contribution in [3.8, 4) is 11.5 Å². The number of para-hydroxylation sites is 2. The Hall–Kier alpha value is -1.84. The van der Waals surface area contributed by atoms with Crippen LogP contribution in [0.25, 0.3) is 0 Å². The molecule has 3 rings (SSSR count). The number of fused-ring (bicyclic) bond motifs is 2. The van der Waals surface area contributed by atoms with Crippen LogP contribution < -0.4 is 4.74 Å². The van der Waals surface area contributed by atoms with E-state index in [0.717, 1.165) is 48.3 Å². The minimum Gasteiger partial charge on any atom is -0.456 e. The predicted molar refractivity (Wildman–Crippen MR) is 95.9 cm³/mol. The van der Waals surface area contributed by atoms with Gasteiger partial charge in [-0.15, -0.1) is 0 Å². The topological polar surface area (TPSA) is 49.7 Å². The maximum atomic E-state index is 9.17. The molecule has 1 heterocycles. The zero-order chi connectivity index (χ0) is 17.2. The predicted octanol–water partition coefficient (Wildman–Crippen LogP) is 3.97. The van der Waals surface area contributed by atoms with E-state index in [2.05, 4.69) is 50.2 Å². The fourth-order valence-corrected chi connectivity index (χ4v) is 3.57. The molecule has 0 aromatic heterocycles. The molecule has 3 heteroatoms. The van der Waals surface area contributed by atoms with Gasteiger partial charge in [0.1, 0.15) is 11.5 Å². The summed E-state index contributed by atoms with van der Waals surface area (Å²) in [6.07, 6.45) is 3.09. The molecule has 3 nitrogen and oxygen atoms in total. The zero-order valence-corrected chi connectivity index (χ0v) is 14.5. The second kappa shape index (κ2) is 6.96. The van der Waals surface area contributed by atoms with Gasteiger partial charge in [0.15, 0.2) is 0 Å². The number of hydrogen-bond acceptors (Lipinski definition) is 3. The van der Waals surface area contributed by atoms with Gasteiger partial charge in [-0.3, -0.25) is 0 Å². The van der Waals surface area contributed by atoms with E-state index < -0.39 is 0 Å². The molecule has 0 saturated carbocycles. The van der Waals surface area contributed by atoms with Crippen LogP contribution in [-0.2, 0) is 18.3 Å². The van der Waals surface area contributed by atoms with Crippen LogP contribution in [0.15, 0.2) is 36.4 Å². The Kier molecular flexibility index (Phi) is 4.93. The Morgan fingerprint density at radius 1 is 0.792 bits per heavy atom. The van der Waals surface area contributed by atoms with E-state index in [9.17, 15) is 0 Å². The Labute approximate surface area is 143 Å². The summed E-state index contributed by atoms with van der Waals surface area (Å²) in [5.41, 5.74) is 4.57. The van der Waals surface area contributed by atoms with Gasteiger partial charge in [0.25, 0.3) is 0 Å². The van der Waals surface area contributed by atoms with Gasteiger partial charge in [-0.25, -0.2) is 0 Å². The lowest BCUT2D eigenvalue weighted by Crippen LogP contribution is -2.25. The van der Waals surface area contributed by atoms with Crippen LogP contribution in [-0.4, -0.2) is 23.4 Å². The van der Waals surface area contributed by atoms with E-state index in [-0.39, 0.29) is 18.6 Å². The van der Waals surface area contributed by atoms with E-state index in [1.807, 2.05) is 0 Å². The van der Waals surface area contributed by atoms with Crippen LogP contribution in [0.2, 0.25) is 0 Å². The van der Waals surface area contributed by atoms with Crippen LogP contribution in [0.1, 0.15) is 48.9 Å². The van der Waals surface area contributed by atoms with Crippen molar-refractivity contribution in [2.45, 2.75) is 44.9 Å². The molecule has 2 N–H and O–H groups in total. The standard InChI is InChI=1S/C21H26O3/c1-21(2)17-11-3-7-15(9-5-13-22)19(17)24-20-16(10-6-14-23)8-4-12-18(20)21/h3-4,7-8,11-12,22-23H,5-6,9-10,13-14H2,1-2H3. The first kappa shape index (κ1) is 17.0. The molecule has 0 radical (unpaired) electrons. The van der Waals surface area contributed by atoms with Crippen molar-refractivity contribution in [3.05, 3.63) is 58.7 Å². The number of rotatable bonds is 6. The molecule has 1 aliphatic heterocycles. The highest BCUT2D eigenvalue weighted by Gasteiger charge is 2.36. The van der Waals surface area contributed by atoms with Crippen molar-refractivity contribution in [2.75, 3.05) is 13.2 Å². The SMILES string of the molecule is CC1(C)c2cccc(CCCO)c2Oc2c(CCCO)cccc21. The summed E-state index contributed by atoms with van der Waals surface area (Å²) in [6, 6.07) is 12.6. The van der Waals surface area contributed by atoms with Crippen molar-refractivity contribution in [2.24, 2.45) is 0 Å². The van der Waals surface area contributed by atoms with Gasteiger partial charge in [0, 0.05) is 29.8 Å². The molecule has 2 aromatic carbocycles. The highest BCUT2D eigenvalue weighted by atomic mass is 16.5. The summed E-state index contributed by atoms with van der Waals surface area (Å²) in [5, 5.41) is 18.3. The maximum Gasteiger partial charge on any atom is 0.134 e. The van der Waals surface area contributed by atoms with Crippen LogP contribution in [0, 0.1) is 0 Å². The van der Waals surface area contributed by atoms with Crippen molar-refractivity contribution in [3.63, 3.8) is 0 Å². The van der Waals surface area contributed by atoms with Crippen molar-refractivity contribution < 1.29 is 14.9 Å². The van der Waals surface area contributed by atoms with Gasteiger partial charge >= 0.3 is 0 Å². The van der Waals surface area contributed by atoms with E-state index in [4.69, 9.17) is 14.9 Å². The Bertz CT molecular complexity index is 660. The summed E-state index contributed by atoms with van der Waals surface area (Å²) in [7, 11) is 0. The number of benzene rings is 2. The van der Waals surface area contributed by atoms with Crippen LogP contribution in [0.5, 0.6) is 11.5 Å². The third-order valence-corrected chi connectivity index (χ3v) is 4.95. The number of aryl methyl sites for hydroxylation is 2. The molecule has 128 valence electrons. The molecule has 0 aliphatic carbocycles. The summed E-state index contributed by atoms with van der Waals surface area (Å²) in [5.74, 6) is 1.89. The average molecular weight is 326 g/mol. The fourth-order valence-electron chi connectivity index (χ4n) is 3.57. The van der Waals surface area contributed by atoms with Crippen LogP contribution in [0.3, 0.4) is 0 Å². The molecule has 0 spiro atoms. The lowest BCUT2D eigenvalue weighted by Gasteiger charge is -2.36. The summed E-state index contributed by atoms with van der Waals surface area (Å²) < 4.78 is 6.41. The summed E-state index contributed by atoms with van der Waals surface area (Å²) in [6.45, 7) is 4.84. The highest BCUT2D eigenvalue weighted by molar-refractivity contribution is 5.61. The van der Waals surface area contributed by atoms with Gasteiger partial charge in [-0.05, 0) is 36.8 Å². The summed E-state index contributed by atoms with van der Waals surface area (Å²) >= 11 is 0. The van der Waals surface area contributed by atoms with E-state index >= 15 is 0 Å². The molecule has 2 aromatic rings. The van der Waals surface area contributed by atoms with Gasteiger partial charge in [-0.1, -0.05) is 50.2 Å². The lowest BCUT2D eigenvalue weighted by molar-refractivity contribution is 0.287. The van der Waals surface area contributed by atoms with Crippen molar-refractivity contribution in [1.82, 2.24) is 0 Å². The molecule has 0 fully saturated rings. The molecule has 0 saturated heterocycles. The molecular formula is C21H26O3. The molecular weight excluding hydrogens is 300 g/mol. The Morgan fingerprint density at radius 2 is 1.25 bits per heavy atom. The van der Waals surface area contributed by atoms with E-state index in [0.29, 0.717) is 0 Å². The second-order valence-electron chi connectivity index (χ2n) is 6.97. The monoisotopic (exact) mass is 326 g/mol. The van der Waals surface area contributed by atoms with E-state index in [1.165, 1.54) is 11.1 Å². The Morgan fingerprint density at radius 3 is 1.67 bits per heavy atom. The molecule has 1 aliphatic rings. The average Bonchev–Trinajstić information content (AvgIpc) is 2.58. The van der Waals surface area contributed by atoms with Crippen LogP contribution >= 0.6 is 0 Å². The third-order valence-electron chi connectivity index (χ3n) is 4.95. The van der Waals surface area contributed by atoms with Gasteiger partial charge in [0.2, 0.25) is 0 Å². The second-order valence-corrected chi connectivity index (χ2v) is 6.97. The number of aliphatic hydroxyl groups excluding tert-OH is 2. The van der Waals surface area contributed by atoms with Crippen molar-refractivity contribution in [1.29, 1.82) is 0 Å². The number of hydrogen-bond donors (Lipinski definition) is 2. The maximum absolute atomic E-state index is 9.17. The van der Waals surface area contributed by atoms with Crippen LogP contribution in [0.4, 0.5) is 0 Å². The van der Waals surface area contributed by atoms with Gasteiger partial charge in [-0.2, -0.15) is 0 Å². The third kappa shape index (κ3) is 2.94. The molecule has 0 atom stereocenters. The fraction of sp³-hybridized carbons (Fsp3) is 0.429. The lowest BCUT2D eigenvalue weighted by atomic mass is 9.74. The zero-order valence-electron chi connectivity index (χ0n) is 14.5. The highest BCUT2D eigenvalue weighted by Crippen LogP contribution is 2.50. The van der Waals surface area contributed by atoms with Crippen molar-refractivity contribution >= 4 is 0 Å². The van der Waals surface area contributed by atoms with Gasteiger partial charge in [0.05, 0.1) is 0 Å². The molecule has 24 heavy (non-hydrogen) atoms. The van der Waals surface area contributed by atoms with E-state index in [1.54, 1.807) is 0 Å². The number of ether oxygens (including phenoxy) is 1. The Balaban J connectivity index is 2.09.